The third-order valence-corrected chi connectivity index (χ3v) is 3.90. The van der Waals surface area contributed by atoms with Crippen molar-refractivity contribution < 1.29 is 9.53 Å². The quantitative estimate of drug-likeness (QED) is 0.737. The van der Waals surface area contributed by atoms with Gasteiger partial charge in [0.1, 0.15) is 0 Å². The van der Waals surface area contributed by atoms with Crippen molar-refractivity contribution in [1.82, 2.24) is 10.2 Å². The van der Waals surface area contributed by atoms with E-state index in [0.717, 1.165) is 45.8 Å². The number of carbonyl (C=O) groups excluding carboxylic acids is 1. The fourth-order valence-electron chi connectivity index (χ4n) is 1.69. The molecule has 2 saturated heterocycles. The molecule has 0 aromatic rings. The summed E-state index contributed by atoms with van der Waals surface area (Å²) in [7, 11) is 0. The molecule has 2 heterocycles. The highest BCUT2D eigenvalue weighted by Gasteiger charge is 2.22. The summed E-state index contributed by atoms with van der Waals surface area (Å²) in [5, 5.41) is 3.85. The maximum absolute atomic E-state index is 11.8. The molecule has 5 heteroatoms. The smallest absolute Gasteiger partial charge is 0.232 e. The number of ether oxygens (including phenoxy) is 1. The van der Waals surface area contributed by atoms with E-state index in [-0.39, 0.29) is 5.91 Å². The molecule has 15 heavy (non-hydrogen) atoms. The van der Waals surface area contributed by atoms with Crippen molar-refractivity contribution in [3.8, 4) is 0 Å². The molecule has 0 aromatic heterocycles. The predicted molar refractivity (Wildman–Crippen MR) is 61.1 cm³/mol. The summed E-state index contributed by atoms with van der Waals surface area (Å²) in [6.45, 7) is 5.38. The molecule has 0 aliphatic carbocycles. The van der Waals surface area contributed by atoms with Crippen molar-refractivity contribution in [2.24, 2.45) is 0 Å². The summed E-state index contributed by atoms with van der Waals surface area (Å²) in [6.07, 6.45) is 1.07. The normalized spacial score (nSPS) is 23.3. The van der Waals surface area contributed by atoms with E-state index in [1.807, 2.05) is 4.90 Å². The van der Waals surface area contributed by atoms with Crippen LogP contribution in [0.1, 0.15) is 6.42 Å². The second-order valence-corrected chi connectivity index (χ2v) is 5.24. The Morgan fingerprint density at radius 1 is 1.40 bits per heavy atom. The number of nitrogens with one attached hydrogen (secondary N) is 1. The number of thioether (sulfide) groups is 1. The lowest BCUT2D eigenvalue weighted by atomic mass is 10.4. The summed E-state index contributed by atoms with van der Waals surface area (Å²) in [5.74, 6) is 0.907. The molecule has 86 valence electrons. The molecule has 2 rings (SSSR count). The fraction of sp³-hybridized carbons (Fsp3) is 0.900. The zero-order valence-corrected chi connectivity index (χ0v) is 9.72. The van der Waals surface area contributed by atoms with E-state index in [9.17, 15) is 4.79 Å². The molecule has 0 saturated carbocycles. The van der Waals surface area contributed by atoms with Gasteiger partial charge in [-0.3, -0.25) is 4.79 Å². The molecule has 4 nitrogen and oxygen atoms in total. The lowest BCUT2D eigenvalue weighted by Crippen LogP contribution is -2.37. The zero-order chi connectivity index (χ0) is 10.5. The largest absolute Gasteiger partial charge is 0.379 e. The van der Waals surface area contributed by atoms with Crippen molar-refractivity contribution in [3.05, 3.63) is 0 Å². The molecular formula is C10H18N2O2S. The van der Waals surface area contributed by atoms with Gasteiger partial charge in [0.05, 0.1) is 24.2 Å². The van der Waals surface area contributed by atoms with Crippen LogP contribution in [0.15, 0.2) is 0 Å². The van der Waals surface area contributed by atoms with Crippen LogP contribution >= 0.6 is 11.8 Å². The molecule has 1 N–H and O–H groups in total. The van der Waals surface area contributed by atoms with Gasteiger partial charge >= 0.3 is 0 Å². The summed E-state index contributed by atoms with van der Waals surface area (Å²) in [6, 6.07) is 0. The Labute approximate surface area is 94.7 Å². The van der Waals surface area contributed by atoms with Crippen molar-refractivity contribution in [2.75, 3.05) is 45.1 Å². The van der Waals surface area contributed by atoms with Crippen molar-refractivity contribution in [1.29, 1.82) is 0 Å². The lowest BCUT2D eigenvalue weighted by Gasteiger charge is -2.26. The van der Waals surface area contributed by atoms with Crippen LogP contribution in [-0.2, 0) is 9.53 Å². The molecule has 2 aliphatic heterocycles. The average Bonchev–Trinajstić information content (AvgIpc) is 2.43. The van der Waals surface area contributed by atoms with E-state index in [1.165, 1.54) is 0 Å². The molecule has 2 aliphatic rings. The first-order valence-electron chi connectivity index (χ1n) is 5.54. The van der Waals surface area contributed by atoms with Crippen molar-refractivity contribution >= 4 is 17.7 Å². The highest BCUT2D eigenvalue weighted by Crippen LogP contribution is 2.19. The van der Waals surface area contributed by atoms with E-state index >= 15 is 0 Å². The highest BCUT2D eigenvalue weighted by atomic mass is 32.2. The Bertz CT molecular complexity index is 213. The van der Waals surface area contributed by atoms with Crippen LogP contribution in [0, 0.1) is 0 Å². The van der Waals surface area contributed by atoms with Crippen LogP contribution in [0.3, 0.4) is 0 Å². The maximum Gasteiger partial charge on any atom is 0.232 e. The van der Waals surface area contributed by atoms with Gasteiger partial charge in [0.2, 0.25) is 5.91 Å². The number of hydrogen-bond acceptors (Lipinski definition) is 4. The number of amides is 1. The van der Waals surface area contributed by atoms with Gasteiger partial charge in [-0.2, -0.15) is 0 Å². The predicted octanol–water partition coefficient (Wildman–Crippen LogP) is -0.0597. The third kappa shape index (κ3) is 3.36. The van der Waals surface area contributed by atoms with E-state index < -0.39 is 0 Å². The van der Waals surface area contributed by atoms with Gasteiger partial charge in [-0.1, -0.05) is 0 Å². The number of rotatable bonds is 3. The lowest BCUT2D eigenvalue weighted by molar-refractivity contribution is -0.128. The summed E-state index contributed by atoms with van der Waals surface area (Å²) in [5.41, 5.74) is 0. The number of carbonyl (C=O) groups is 1. The van der Waals surface area contributed by atoms with Crippen LogP contribution < -0.4 is 5.32 Å². The third-order valence-electron chi connectivity index (χ3n) is 2.74. The number of nitrogens with zero attached hydrogens (tertiary/aromatic N) is 1. The van der Waals surface area contributed by atoms with Crippen molar-refractivity contribution in [3.63, 3.8) is 0 Å². The Morgan fingerprint density at radius 2 is 2.27 bits per heavy atom. The average molecular weight is 230 g/mol. The minimum absolute atomic E-state index is 0.288. The first kappa shape index (κ1) is 11.2. The topological polar surface area (TPSA) is 41.6 Å². The first-order chi connectivity index (χ1) is 7.36. The molecule has 0 radical (unpaired) electrons. The van der Waals surface area contributed by atoms with E-state index in [0.29, 0.717) is 11.0 Å². The minimum Gasteiger partial charge on any atom is -0.379 e. The molecule has 0 unspecified atom stereocenters. The van der Waals surface area contributed by atoms with Gasteiger partial charge in [-0.15, -0.1) is 11.8 Å². The molecule has 0 atom stereocenters. The molecule has 2 fully saturated rings. The molecule has 0 bridgehead atoms. The van der Waals surface area contributed by atoms with Gasteiger partial charge in [0, 0.05) is 19.6 Å². The standard InChI is InChI=1S/C10H18N2O2S/c13-10(8-15-9-6-14-7-9)12-4-1-2-11-3-5-12/h9,11H,1-8H2. The Morgan fingerprint density at radius 3 is 3.00 bits per heavy atom. The van der Waals surface area contributed by atoms with Crippen LogP contribution in [0.5, 0.6) is 0 Å². The maximum atomic E-state index is 11.8. The zero-order valence-electron chi connectivity index (χ0n) is 8.91. The van der Waals surface area contributed by atoms with E-state index in [4.69, 9.17) is 4.74 Å². The van der Waals surface area contributed by atoms with Gasteiger partial charge < -0.3 is 15.0 Å². The number of hydrogen-bond donors (Lipinski definition) is 1. The summed E-state index contributed by atoms with van der Waals surface area (Å²) in [4.78, 5) is 13.8. The first-order valence-corrected chi connectivity index (χ1v) is 6.59. The van der Waals surface area contributed by atoms with Crippen LogP contribution in [0.4, 0.5) is 0 Å². The molecule has 0 spiro atoms. The van der Waals surface area contributed by atoms with Gasteiger partial charge in [0.25, 0.3) is 0 Å². The minimum atomic E-state index is 0.288. The SMILES string of the molecule is O=C(CSC1COC1)N1CCCNCC1. The molecular weight excluding hydrogens is 212 g/mol. The van der Waals surface area contributed by atoms with Gasteiger partial charge in [-0.05, 0) is 13.0 Å². The highest BCUT2D eigenvalue weighted by molar-refractivity contribution is 8.00. The summed E-state index contributed by atoms with van der Waals surface area (Å²) >= 11 is 1.74. The van der Waals surface area contributed by atoms with Crippen molar-refractivity contribution in [2.45, 2.75) is 11.7 Å². The monoisotopic (exact) mass is 230 g/mol. The summed E-state index contributed by atoms with van der Waals surface area (Å²) < 4.78 is 5.08. The van der Waals surface area contributed by atoms with Gasteiger partial charge in [-0.25, -0.2) is 0 Å². The second-order valence-electron chi connectivity index (χ2n) is 3.95. The Hall–Kier alpha value is -0.260. The van der Waals surface area contributed by atoms with Crippen LogP contribution in [-0.4, -0.2) is 61.2 Å². The van der Waals surface area contributed by atoms with Crippen LogP contribution in [0.2, 0.25) is 0 Å². The Balaban J connectivity index is 1.68. The van der Waals surface area contributed by atoms with E-state index in [1.54, 1.807) is 11.8 Å². The van der Waals surface area contributed by atoms with Gasteiger partial charge in [0.15, 0.2) is 0 Å². The van der Waals surface area contributed by atoms with Crippen LogP contribution in [0.25, 0.3) is 0 Å². The van der Waals surface area contributed by atoms with E-state index in [2.05, 4.69) is 5.32 Å². The fourth-order valence-corrected chi connectivity index (χ4v) is 2.63. The second kappa shape index (κ2) is 5.72. The Kier molecular flexibility index (Phi) is 4.29. The molecule has 0 aromatic carbocycles. The molecule has 1 amide bonds.